The third-order valence-corrected chi connectivity index (χ3v) is 2.52. The second-order valence-corrected chi connectivity index (χ2v) is 4.10. The lowest BCUT2D eigenvalue weighted by molar-refractivity contribution is 0.101. The van der Waals surface area contributed by atoms with Crippen molar-refractivity contribution in [3.05, 3.63) is 46.7 Å². The molecule has 3 nitrogen and oxygen atoms in total. The van der Waals surface area contributed by atoms with E-state index < -0.39 is 0 Å². The second kappa shape index (κ2) is 3.98. The van der Waals surface area contributed by atoms with Crippen molar-refractivity contribution in [1.82, 2.24) is 9.78 Å². The van der Waals surface area contributed by atoms with Crippen LogP contribution in [0.3, 0.4) is 0 Å². The number of aromatic nitrogens is 2. The Hall–Kier alpha value is -1.42. The van der Waals surface area contributed by atoms with E-state index in [1.165, 1.54) is 6.92 Å². The molecule has 0 N–H and O–H groups in total. The molecular weight excluding hydrogens is 256 g/mol. The molecule has 1 heterocycles. The van der Waals surface area contributed by atoms with E-state index in [0.29, 0.717) is 5.69 Å². The Morgan fingerprint density at radius 2 is 2.20 bits per heavy atom. The van der Waals surface area contributed by atoms with Gasteiger partial charge in [-0.3, -0.25) is 4.79 Å². The summed E-state index contributed by atoms with van der Waals surface area (Å²) < 4.78 is 2.67. The molecule has 1 aromatic carbocycles. The topological polar surface area (TPSA) is 34.9 Å². The van der Waals surface area contributed by atoms with Crippen molar-refractivity contribution in [3.8, 4) is 5.69 Å². The lowest BCUT2D eigenvalue weighted by atomic mass is 10.3. The summed E-state index contributed by atoms with van der Waals surface area (Å²) in [6.07, 6.45) is 1.78. The van der Waals surface area contributed by atoms with Crippen molar-refractivity contribution in [2.75, 3.05) is 0 Å². The molecule has 15 heavy (non-hydrogen) atoms. The first-order valence-electron chi connectivity index (χ1n) is 4.49. The highest BCUT2D eigenvalue weighted by Gasteiger charge is 2.04. The molecule has 2 aromatic rings. The molecule has 0 bridgehead atoms. The first-order chi connectivity index (χ1) is 7.16. The molecule has 4 heteroatoms. The lowest BCUT2D eigenvalue weighted by Gasteiger charge is -2.00. The summed E-state index contributed by atoms with van der Waals surface area (Å²) in [7, 11) is 0. The largest absolute Gasteiger partial charge is 0.293 e. The van der Waals surface area contributed by atoms with Crippen LogP contribution in [-0.4, -0.2) is 15.6 Å². The fraction of sp³-hybridized carbons (Fsp3) is 0.0909. The summed E-state index contributed by atoms with van der Waals surface area (Å²) >= 11 is 3.39. The van der Waals surface area contributed by atoms with Crippen molar-refractivity contribution in [1.29, 1.82) is 0 Å². The number of benzene rings is 1. The molecule has 0 saturated carbocycles. The molecule has 0 fully saturated rings. The maximum atomic E-state index is 11.1. The van der Waals surface area contributed by atoms with Crippen molar-refractivity contribution in [2.45, 2.75) is 6.92 Å². The third-order valence-electron chi connectivity index (χ3n) is 2.02. The molecule has 1 aromatic heterocycles. The molecule has 0 spiro atoms. The number of carbonyl (C=O) groups is 1. The van der Waals surface area contributed by atoms with E-state index in [9.17, 15) is 4.79 Å². The van der Waals surface area contributed by atoms with Gasteiger partial charge in [-0.05, 0) is 24.3 Å². The molecule has 76 valence electrons. The number of Topliss-reactive ketones (excluding diaryl/α,β-unsaturated/α-hetero) is 1. The van der Waals surface area contributed by atoms with Gasteiger partial charge in [0.1, 0.15) is 5.69 Å². The van der Waals surface area contributed by atoms with Crippen LogP contribution in [0.25, 0.3) is 5.69 Å². The summed E-state index contributed by atoms with van der Waals surface area (Å²) in [6.45, 7) is 1.51. The normalized spacial score (nSPS) is 10.3. The van der Waals surface area contributed by atoms with E-state index in [1.807, 2.05) is 24.3 Å². The Labute approximate surface area is 95.9 Å². The van der Waals surface area contributed by atoms with Crippen LogP contribution in [0.5, 0.6) is 0 Å². The van der Waals surface area contributed by atoms with E-state index in [2.05, 4.69) is 21.0 Å². The Kier molecular flexibility index (Phi) is 2.68. The van der Waals surface area contributed by atoms with E-state index >= 15 is 0 Å². The highest BCUT2D eigenvalue weighted by atomic mass is 79.9. The van der Waals surface area contributed by atoms with Crippen LogP contribution in [-0.2, 0) is 0 Å². The molecule has 0 unspecified atom stereocenters. The van der Waals surface area contributed by atoms with Gasteiger partial charge >= 0.3 is 0 Å². The summed E-state index contributed by atoms with van der Waals surface area (Å²) in [5.74, 6) is -0.0243. The number of ketones is 1. The number of carbonyl (C=O) groups excluding carboxylic acids is 1. The van der Waals surface area contributed by atoms with E-state index in [4.69, 9.17) is 0 Å². The second-order valence-electron chi connectivity index (χ2n) is 3.18. The summed E-state index contributed by atoms with van der Waals surface area (Å²) in [4.78, 5) is 11.1. The zero-order valence-electron chi connectivity index (χ0n) is 8.14. The standard InChI is InChI=1S/C11H9BrN2O/c1-8(15)11-5-6-14(13-11)10-4-2-3-9(12)7-10/h2-7H,1H3. The monoisotopic (exact) mass is 264 g/mol. The van der Waals surface area contributed by atoms with Gasteiger partial charge in [0.25, 0.3) is 0 Å². The van der Waals surface area contributed by atoms with Crippen LogP contribution in [0.2, 0.25) is 0 Å². The molecule has 0 aliphatic carbocycles. The predicted molar refractivity (Wildman–Crippen MR) is 61.3 cm³/mol. The third kappa shape index (κ3) is 2.15. The predicted octanol–water partition coefficient (Wildman–Crippen LogP) is 2.84. The van der Waals surface area contributed by atoms with Crippen molar-refractivity contribution in [2.24, 2.45) is 0 Å². The van der Waals surface area contributed by atoms with Crippen LogP contribution in [0.15, 0.2) is 41.0 Å². The Balaban J connectivity index is 2.41. The van der Waals surface area contributed by atoms with Gasteiger partial charge in [0.15, 0.2) is 5.78 Å². The summed E-state index contributed by atoms with van der Waals surface area (Å²) in [5.41, 5.74) is 1.41. The minimum Gasteiger partial charge on any atom is -0.293 e. The van der Waals surface area contributed by atoms with Gasteiger partial charge in [-0.15, -0.1) is 0 Å². The van der Waals surface area contributed by atoms with Gasteiger partial charge in [-0.25, -0.2) is 4.68 Å². The average Bonchev–Trinajstić information content (AvgIpc) is 2.66. The van der Waals surface area contributed by atoms with Crippen LogP contribution in [0.1, 0.15) is 17.4 Å². The van der Waals surface area contributed by atoms with Crippen LogP contribution in [0.4, 0.5) is 0 Å². The maximum Gasteiger partial charge on any atom is 0.179 e. The van der Waals surface area contributed by atoms with Gasteiger partial charge in [-0.1, -0.05) is 22.0 Å². The van der Waals surface area contributed by atoms with Gasteiger partial charge in [-0.2, -0.15) is 5.10 Å². The summed E-state index contributed by atoms with van der Waals surface area (Å²) in [5, 5.41) is 4.17. The fourth-order valence-electron chi connectivity index (χ4n) is 1.27. The van der Waals surface area contributed by atoms with Gasteiger partial charge < -0.3 is 0 Å². The lowest BCUT2D eigenvalue weighted by Crippen LogP contribution is -1.98. The average molecular weight is 265 g/mol. The molecule has 0 aliphatic rings. The first-order valence-corrected chi connectivity index (χ1v) is 5.28. The Morgan fingerprint density at radius 1 is 1.40 bits per heavy atom. The zero-order chi connectivity index (χ0) is 10.8. The molecule has 0 amide bonds. The van der Waals surface area contributed by atoms with Crippen molar-refractivity contribution >= 4 is 21.7 Å². The fourth-order valence-corrected chi connectivity index (χ4v) is 1.66. The number of nitrogens with zero attached hydrogens (tertiary/aromatic N) is 2. The molecule has 0 aliphatic heterocycles. The minimum absolute atomic E-state index is 0.0243. The maximum absolute atomic E-state index is 11.1. The minimum atomic E-state index is -0.0243. The number of halogens is 1. The molecule has 0 atom stereocenters. The molecule has 2 rings (SSSR count). The SMILES string of the molecule is CC(=O)c1ccn(-c2cccc(Br)c2)n1. The molecule has 0 saturated heterocycles. The van der Waals surface area contributed by atoms with E-state index in [-0.39, 0.29) is 5.78 Å². The van der Waals surface area contributed by atoms with Crippen molar-refractivity contribution in [3.63, 3.8) is 0 Å². The smallest absolute Gasteiger partial charge is 0.179 e. The highest BCUT2D eigenvalue weighted by molar-refractivity contribution is 9.10. The number of hydrogen-bond donors (Lipinski definition) is 0. The van der Waals surface area contributed by atoms with Gasteiger partial charge in [0.2, 0.25) is 0 Å². The van der Waals surface area contributed by atoms with Crippen LogP contribution in [0, 0.1) is 0 Å². The van der Waals surface area contributed by atoms with Crippen molar-refractivity contribution < 1.29 is 4.79 Å². The summed E-state index contributed by atoms with van der Waals surface area (Å²) in [6, 6.07) is 9.45. The van der Waals surface area contributed by atoms with Crippen LogP contribution < -0.4 is 0 Å². The highest BCUT2D eigenvalue weighted by Crippen LogP contribution is 2.15. The Bertz CT molecular complexity index is 505. The molecule has 0 radical (unpaired) electrons. The van der Waals surface area contributed by atoms with E-state index in [1.54, 1.807) is 16.9 Å². The van der Waals surface area contributed by atoms with Gasteiger partial charge in [0.05, 0.1) is 5.69 Å². The molecular formula is C11H9BrN2O. The zero-order valence-corrected chi connectivity index (χ0v) is 9.73. The van der Waals surface area contributed by atoms with Gasteiger partial charge in [0, 0.05) is 17.6 Å². The number of hydrogen-bond acceptors (Lipinski definition) is 2. The van der Waals surface area contributed by atoms with Crippen LogP contribution >= 0.6 is 15.9 Å². The quantitative estimate of drug-likeness (QED) is 0.782. The first kappa shape index (κ1) is 10.1. The Morgan fingerprint density at radius 3 is 2.80 bits per heavy atom. The number of rotatable bonds is 2. The van der Waals surface area contributed by atoms with E-state index in [0.717, 1.165) is 10.2 Å².